The Bertz CT molecular complexity index is 2170. The number of carbonyl (C=O) groups excluding carboxylic acids is 12. The molecular formula is C46H73N13O13S2. The first-order valence-corrected chi connectivity index (χ1v) is 25.8. The number of primary amides is 3. The molecule has 74 heavy (non-hydrogen) atoms. The Hall–Kier alpha value is -6.68. The summed E-state index contributed by atoms with van der Waals surface area (Å²) in [5.41, 5.74) is 22.5. The molecule has 17 N–H and O–H groups in total. The highest BCUT2D eigenvalue weighted by Gasteiger charge is 2.41. The maximum Gasteiger partial charge on any atom is 0.246 e. The van der Waals surface area contributed by atoms with Gasteiger partial charge in [0.25, 0.3) is 0 Å². The fourth-order valence-electron chi connectivity index (χ4n) is 7.44. The summed E-state index contributed by atoms with van der Waals surface area (Å²) in [5.74, 6) is -11.0. The summed E-state index contributed by atoms with van der Waals surface area (Å²) in [4.78, 5) is 159. The number of hydrogen-bond acceptors (Lipinski definition) is 16. The molecule has 1 saturated heterocycles. The molecule has 0 unspecified atom stereocenters. The van der Waals surface area contributed by atoms with Gasteiger partial charge in [0.1, 0.15) is 48.0 Å². The van der Waals surface area contributed by atoms with E-state index in [0.29, 0.717) is 18.4 Å². The zero-order chi connectivity index (χ0) is 55.8. The molecule has 2 rings (SSSR count). The summed E-state index contributed by atoms with van der Waals surface area (Å²) in [6.45, 7) is 7.79. The number of carbonyl (C=O) groups is 12. The number of phenols is 1. The van der Waals surface area contributed by atoms with E-state index >= 15 is 0 Å². The SMILES string of the molecule is CC[C@H](C)[C@H](NC(=O)[C@H](Cc1ccc(O)cc1)NC(=O)[C@@H](N)CS)C(=O)N[C@@H](CCC(N)=O)C(=O)N[C@@H](CC(N)=O)C(=O)N[C@@H](CSCNC(C)=O)C(=O)N1CCC[C@H]1C(=O)N[C@@H](CC(C)C)C(=O)NCC(N)=O. The lowest BCUT2D eigenvalue weighted by molar-refractivity contribution is -0.142. The van der Waals surface area contributed by atoms with Crippen molar-refractivity contribution in [2.24, 2.45) is 34.8 Å². The number of nitrogens with two attached hydrogens (primary N) is 4. The largest absolute Gasteiger partial charge is 0.508 e. The van der Waals surface area contributed by atoms with Gasteiger partial charge in [0.05, 0.1) is 24.9 Å². The number of phenolic OH excluding ortho intramolecular Hbond substituents is 1. The second-order valence-electron chi connectivity index (χ2n) is 18.3. The smallest absolute Gasteiger partial charge is 0.246 e. The van der Waals surface area contributed by atoms with Crippen LogP contribution in [0.2, 0.25) is 0 Å². The first kappa shape index (κ1) is 63.4. The average Bonchev–Trinajstić information content (AvgIpc) is 3.83. The molecule has 1 aliphatic rings. The van der Waals surface area contributed by atoms with Crippen LogP contribution in [-0.2, 0) is 64.0 Å². The van der Waals surface area contributed by atoms with Gasteiger partial charge >= 0.3 is 0 Å². The minimum Gasteiger partial charge on any atom is -0.508 e. The predicted molar refractivity (Wildman–Crippen MR) is 274 cm³/mol. The lowest BCUT2D eigenvalue weighted by Gasteiger charge is -2.31. The molecule has 1 aromatic carbocycles. The second-order valence-corrected chi connectivity index (χ2v) is 19.7. The first-order chi connectivity index (χ1) is 34.8. The molecule has 9 atom stereocenters. The Morgan fingerprint density at radius 2 is 1.32 bits per heavy atom. The van der Waals surface area contributed by atoms with Crippen LogP contribution in [0.1, 0.15) is 85.1 Å². The lowest BCUT2D eigenvalue weighted by Crippen LogP contribution is -2.61. The van der Waals surface area contributed by atoms with Crippen molar-refractivity contribution in [1.82, 2.24) is 47.4 Å². The van der Waals surface area contributed by atoms with E-state index in [1.54, 1.807) is 13.8 Å². The van der Waals surface area contributed by atoms with Crippen molar-refractivity contribution in [2.45, 2.75) is 134 Å². The zero-order valence-corrected chi connectivity index (χ0v) is 43.9. The number of amides is 12. The van der Waals surface area contributed by atoms with Gasteiger partial charge in [0.15, 0.2) is 0 Å². The molecule has 0 aromatic heterocycles. The lowest BCUT2D eigenvalue weighted by atomic mass is 9.96. The number of nitrogens with one attached hydrogen (secondary N) is 8. The van der Waals surface area contributed by atoms with Crippen LogP contribution < -0.4 is 65.5 Å². The van der Waals surface area contributed by atoms with Crippen LogP contribution in [0.5, 0.6) is 5.75 Å². The molecule has 1 aliphatic heterocycles. The number of nitrogens with zero attached hydrogens (tertiary/aromatic N) is 1. The van der Waals surface area contributed by atoms with E-state index < -0.39 is 151 Å². The molecule has 0 spiro atoms. The molecule has 1 fully saturated rings. The van der Waals surface area contributed by atoms with Crippen LogP contribution in [-0.4, -0.2) is 160 Å². The molecule has 0 aliphatic carbocycles. The first-order valence-electron chi connectivity index (χ1n) is 24.0. The van der Waals surface area contributed by atoms with Gasteiger partial charge in [-0.2, -0.15) is 12.6 Å². The van der Waals surface area contributed by atoms with Crippen LogP contribution in [0.3, 0.4) is 0 Å². The fourth-order valence-corrected chi connectivity index (χ4v) is 8.49. The highest BCUT2D eigenvalue weighted by Crippen LogP contribution is 2.21. The van der Waals surface area contributed by atoms with Crippen molar-refractivity contribution < 1.29 is 62.6 Å². The molecule has 12 amide bonds. The van der Waals surface area contributed by atoms with Crippen molar-refractivity contribution in [2.75, 3.05) is 30.5 Å². The van der Waals surface area contributed by atoms with Crippen LogP contribution in [0.25, 0.3) is 0 Å². The second kappa shape index (κ2) is 31.8. The monoisotopic (exact) mass is 1080 g/mol. The Kier molecular flexibility index (Phi) is 27.3. The number of rotatable bonds is 32. The third-order valence-electron chi connectivity index (χ3n) is 11.6. The van der Waals surface area contributed by atoms with E-state index in [0.717, 1.165) is 11.8 Å². The van der Waals surface area contributed by atoms with E-state index in [1.807, 2.05) is 13.8 Å². The van der Waals surface area contributed by atoms with Crippen molar-refractivity contribution in [1.29, 1.82) is 0 Å². The number of thiol groups is 1. The number of aromatic hydroxyl groups is 1. The summed E-state index contributed by atoms with van der Waals surface area (Å²) < 4.78 is 0. The minimum absolute atomic E-state index is 0.0189. The van der Waals surface area contributed by atoms with Crippen molar-refractivity contribution in [3.8, 4) is 5.75 Å². The summed E-state index contributed by atoms with van der Waals surface area (Å²) in [7, 11) is 0. The molecule has 1 heterocycles. The number of hydrogen-bond donors (Lipinski definition) is 14. The maximum absolute atomic E-state index is 14.4. The van der Waals surface area contributed by atoms with E-state index in [1.165, 1.54) is 36.1 Å². The standard InChI is InChI=1S/C46H73N13O13S2/c1-6-24(4)38(58-43(69)31(54-39(65)28(47)20-73)17-26-9-11-27(61)12-10-26)45(71)53-29(13-14-35(48)62)41(67)55-32(18-36(49)63)42(68)57-33(21-74-22-52-25(5)60)46(72)59-15-7-8-34(59)44(70)56-30(16-23(2)3)40(66)51-19-37(50)64/h9-12,23-24,28-34,38,61,73H,6-8,13-22,47H2,1-5H3,(H2,48,62)(H2,49,63)(H2,50,64)(H,51,66)(H,52,60)(H,53,71)(H,54,65)(H,55,67)(H,56,70)(H,57,68)(H,58,69)/t24-,28-,29-,30-,31-,32-,33-,34-,38-/m0/s1. The van der Waals surface area contributed by atoms with E-state index in [2.05, 4.69) is 55.2 Å². The van der Waals surface area contributed by atoms with Crippen LogP contribution in [0, 0.1) is 11.8 Å². The van der Waals surface area contributed by atoms with Gasteiger partial charge in [-0.15, -0.1) is 11.8 Å². The quantitative estimate of drug-likeness (QED) is 0.0185. The highest BCUT2D eigenvalue weighted by atomic mass is 32.2. The Morgan fingerprint density at radius 3 is 1.89 bits per heavy atom. The highest BCUT2D eigenvalue weighted by molar-refractivity contribution is 7.99. The van der Waals surface area contributed by atoms with Crippen molar-refractivity contribution in [3.05, 3.63) is 29.8 Å². The van der Waals surface area contributed by atoms with Gasteiger partial charge in [-0.1, -0.05) is 46.2 Å². The van der Waals surface area contributed by atoms with Gasteiger partial charge in [-0.3, -0.25) is 57.5 Å². The fraction of sp³-hybridized carbons (Fsp3) is 0.609. The Labute approximate surface area is 439 Å². The van der Waals surface area contributed by atoms with Gasteiger partial charge < -0.3 is 75.5 Å². The van der Waals surface area contributed by atoms with Crippen molar-refractivity contribution >= 4 is 95.3 Å². The molecule has 26 nitrogen and oxygen atoms in total. The molecule has 0 saturated carbocycles. The summed E-state index contributed by atoms with van der Waals surface area (Å²) >= 11 is 5.07. The zero-order valence-electron chi connectivity index (χ0n) is 42.2. The van der Waals surface area contributed by atoms with Crippen LogP contribution >= 0.6 is 24.4 Å². The van der Waals surface area contributed by atoms with Gasteiger partial charge in [-0.25, -0.2) is 0 Å². The Balaban J connectivity index is 2.46. The topological polar surface area (TPSA) is 429 Å². The molecule has 28 heteroatoms. The van der Waals surface area contributed by atoms with Crippen molar-refractivity contribution in [3.63, 3.8) is 0 Å². The maximum atomic E-state index is 14.4. The third-order valence-corrected chi connectivity index (χ3v) is 12.9. The number of likely N-dealkylation sites (tertiary alicyclic amines) is 1. The normalized spacial score (nSPS) is 16.3. The molecule has 1 aromatic rings. The number of thioether (sulfide) groups is 1. The average molecular weight is 1080 g/mol. The molecule has 0 bridgehead atoms. The summed E-state index contributed by atoms with van der Waals surface area (Å²) in [6.07, 6.45) is -0.878. The molecule has 0 radical (unpaired) electrons. The number of benzene rings is 1. The van der Waals surface area contributed by atoms with Crippen LogP contribution in [0.4, 0.5) is 0 Å². The van der Waals surface area contributed by atoms with E-state index in [4.69, 9.17) is 22.9 Å². The van der Waals surface area contributed by atoms with Crippen LogP contribution in [0.15, 0.2) is 24.3 Å². The van der Waals surface area contributed by atoms with Gasteiger partial charge in [0, 0.05) is 37.8 Å². The van der Waals surface area contributed by atoms with E-state index in [-0.39, 0.29) is 54.9 Å². The van der Waals surface area contributed by atoms with Gasteiger partial charge in [0.2, 0.25) is 70.9 Å². The predicted octanol–water partition coefficient (Wildman–Crippen LogP) is -4.25. The van der Waals surface area contributed by atoms with E-state index in [9.17, 15) is 62.6 Å². The summed E-state index contributed by atoms with van der Waals surface area (Å²) in [6, 6.07) is -5.13. The molecule has 412 valence electrons. The third kappa shape index (κ3) is 22.2. The minimum atomic E-state index is -1.81. The Morgan fingerprint density at radius 1 is 0.730 bits per heavy atom. The summed E-state index contributed by atoms with van der Waals surface area (Å²) in [5, 5.41) is 29.9. The molecular weight excluding hydrogens is 1010 g/mol. The van der Waals surface area contributed by atoms with Gasteiger partial charge in [-0.05, 0) is 55.2 Å².